The number of hydrogen-bond donors (Lipinski definition) is 1. The molecule has 1 N–H and O–H groups in total. The molecule has 2 amide bonds. The number of nitrogens with zero attached hydrogens (tertiary/aromatic N) is 3. The minimum absolute atomic E-state index is 0.0409. The third kappa shape index (κ3) is 8.03. The Balaban J connectivity index is 2.10. The molecule has 0 spiro atoms. The van der Waals surface area contributed by atoms with Crippen LogP contribution < -0.4 is 9.62 Å². The van der Waals surface area contributed by atoms with Crippen molar-refractivity contribution in [1.29, 1.82) is 0 Å². The zero-order chi connectivity index (χ0) is 29.4. The number of hydrogen-bond acceptors (Lipinski definition) is 4. The van der Waals surface area contributed by atoms with Crippen LogP contribution in [0.4, 0.5) is 10.1 Å². The van der Waals surface area contributed by atoms with Crippen LogP contribution in [0.3, 0.4) is 0 Å². The summed E-state index contributed by atoms with van der Waals surface area (Å²) in [5.41, 5.74) is 1.52. The molecule has 0 heterocycles. The Bertz CT molecular complexity index is 1400. The summed E-state index contributed by atoms with van der Waals surface area (Å²) >= 11 is 6.45. The highest BCUT2D eigenvalue weighted by Gasteiger charge is 2.35. The zero-order valence-corrected chi connectivity index (χ0v) is 24.5. The molecule has 0 bridgehead atoms. The smallest absolute Gasteiger partial charge is 0.304 e. The van der Waals surface area contributed by atoms with Gasteiger partial charge in [-0.1, -0.05) is 60.1 Å². The fourth-order valence-corrected chi connectivity index (χ4v) is 5.32. The lowest BCUT2D eigenvalue weighted by Crippen LogP contribution is -2.55. The molecule has 3 rings (SSSR count). The Morgan fingerprint density at radius 3 is 2.10 bits per heavy atom. The topological polar surface area (TPSA) is 90.0 Å². The van der Waals surface area contributed by atoms with E-state index >= 15 is 0 Å². The average Bonchev–Trinajstić information content (AvgIpc) is 2.90. The first-order chi connectivity index (χ1) is 18.9. The van der Waals surface area contributed by atoms with Crippen molar-refractivity contribution in [2.75, 3.05) is 24.9 Å². The van der Waals surface area contributed by atoms with Crippen molar-refractivity contribution >= 4 is 39.3 Å². The van der Waals surface area contributed by atoms with E-state index in [9.17, 15) is 22.4 Å². The lowest BCUT2D eigenvalue weighted by Gasteiger charge is -2.34. The number of anilines is 1. The number of rotatable bonds is 12. The first-order valence-corrected chi connectivity index (χ1v) is 14.5. The Hall–Kier alpha value is -3.47. The van der Waals surface area contributed by atoms with Gasteiger partial charge in [-0.2, -0.15) is 12.7 Å². The van der Waals surface area contributed by atoms with Gasteiger partial charge in [0.1, 0.15) is 18.4 Å². The van der Waals surface area contributed by atoms with Crippen LogP contribution in [0.2, 0.25) is 5.02 Å². The molecule has 3 aromatic rings. The Kier molecular flexibility index (Phi) is 10.7. The van der Waals surface area contributed by atoms with Crippen LogP contribution in [-0.2, 0) is 32.8 Å². The summed E-state index contributed by atoms with van der Waals surface area (Å²) in [6.07, 6.45) is 0.187. The molecule has 0 saturated heterocycles. The molecule has 0 unspecified atom stereocenters. The zero-order valence-electron chi connectivity index (χ0n) is 22.9. The van der Waals surface area contributed by atoms with Crippen LogP contribution in [-0.4, -0.2) is 62.2 Å². The number of carbonyl (C=O) groups is 2. The normalized spacial score (nSPS) is 12.3. The Morgan fingerprint density at radius 1 is 0.925 bits per heavy atom. The fraction of sp³-hybridized carbons (Fsp3) is 0.310. The Labute approximate surface area is 240 Å². The van der Waals surface area contributed by atoms with Gasteiger partial charge < -0.3 is 10.2 Å². The largest absolute Gasteiger partial charge is 0.352 e. The SMILES string of the molecule is CC(C)NC(=O)[C@@H](Cc1ccccc1)N(Cc1ccccc1Cl)C(=O)CN(c1ccc(F)cc1)S(=O)(=O)N(C)C. The highest BCUT2D eigenvalue weighted by Crippen LogP contribution is 2.24. The molecule has 11 heteroatoms. The van der Waals surface area contributed by atoms with Gasteiger partial charge in [-0.25, -0.2) is 8.70 Å². The van der Waals surface area contributed by atoms with Crippen LogP contribution in [0.25, 0.3) is 0 Å². The average molecular weight is 589 g/mol. The van der Waals surface area contributed by atoms with Crippen LogP contribution in [0.15, 0.2) is 78.9 Å². The maximum absolute atomic E-state index is 14.1. The molecular formula is C29H34ClFN4O4S. The molecule has 8 nitrogen and oxygen atoms in total. The molecule has 3 aromatic carbocycles. The van der Waals surface area contributed by atoms with Crippen LogP contribution >= 0.6 is 11.6 Å². The highest BCUT2D eigenvalue weighted by atomic mass is 35.5. The fourth-order valence-electron chi connectivity index (χ4n) is 4.07. The summed E-state index contributed by atoms with van der Waals surface area (Å²) < 4.78 is 42.2. The number of nitrogens with one attached hydrogen (secondary N) is 1. The maximum atomic E-state index is 14.1. The summed E-state index contributed by atoms with van der Waals surface area (Å²) in [6, 6.07) is 19.8. The van der Waals surface area contributed by atoms with Crippen LogP contribution in [0.1, 0.15) is 25.0 Å². The number of carbonyl (C=O) groups excluding carboxylic acids is 2. The second-order valence-electron chi connectivity index (χ2n) is 9.76. The number of halogens is 2. The van der Waals surface area contributed by atoms with E-state index in [1.807, 2.05) is 44.2 Å². The van der Waals surface area contributed by atoms with Crippen molar-refractivity contribution in [3.05, 3.63) is 101 Å². The molecule has 0 aliphatic rings. The van der Waals surface area contributed by atoms with Gasteiger partial charge in [0.05, 0.1) is 5.69 Å². The van der Waals surface area contributed by atoms with Gasteiger partial charge in [-0.15, -0.1) is 0 Å². The van der Waals surface area contributed by atoms with E-state index in [2.05, 4.69) is 5.32 Å². The standard InChI is InChI=1S/C29H34ClFN4O4S/c1-21(2)32-29(37)27(18-22-10-6-5-7-11-22)34(19-23-12-8-9-13-26(23)30)28(36)20-35(40(38,39)33(3)4)25-16-14-24(31)15-17-25/h5-17,21,27H,18-20H2,1-4H3,(H,32,37)/t27-/m1/s1. The molecule has 40 heavy (non-hydrogen) atoms. The molecule has 0 aromatic heterocycles. The van der Waals surface area contributed by atoms with Crippen molar-refractivity contribution in [2.45, 2.75) is 38.9 Å². The van der Waals surface area contributed by atoms with Crippen molar-refractivity contribution in [3.63, 3.8) is 0 Å². The minimum atomic E-state index is -4.17. The minimum Gasteiger partial charge on any atom is -0.352 e. The summed E-state index contributed by atoms with van der Waals surface area (Å²) in [5, 5.41) is 3.29. The predicted molar refractivity (Wildman–Crippen MR) is 156 cm³/mol. The van der Waals surface area contributed by atoms with E-state index in [0.717, 1.165) is 26.3 Å². The van der Waals surface area contributed by atoms with Crippen molar-refractivity contribution in [1.82, 2.24) is 14.5 Å². The van der Waals surface area contributed by atoms with E-state index in [0.29, 0.717) is 10.6 Å². The van der Waals surface area contributed by atoms with Gasteiger partial charge in [-0.05, 0) is 55.3 Å². The van der Waals surface area contributed by atoms with Gasteiger partial charge in [-0.3, -0.25) is 9.59 Å². The summed E-state index contributed by atoms with van der Waals surface area (Å²) in [7, 11) is -1.49. The van der Waals surface area contributed by atoms with E-state index in [1.165, 1.54) is 31.1 Å². The van der Waals surface area contributed by atoms with Gasteiger partial charge in [0.2, 0.25) is 11.8 Å². The molecule has 0 radical (unpaired) electrons. The van der Waals surface area contributed by atoms with Gasteiger partial charge in [0.15, 0.2) is 0 Å². The van der Waals surface area contributed by atoms with Crippen LogP contribution in [0.5, 0.6) is 0 Å². The lowest BCUT2D eigenvalue weighted by atomic mass is 10.0. The van der Waals surface area contributed by atoms with Crippen molar-refractivity contribution in [2.24, 2.45) is 0 Å². The summed E-state index contributed by atoms with van der Waals surface area (Å²) in [6.45, 7) is 2.97. The van der Waals surface area contributed by atoms with Crippen molar-refractivity contribution in [3.8, 4) is 0 Å². The molecular weight excluding hydrogens is 555 g/mol. The molecule has 214 valence electrons. The van der Waals surface area contributed by atoms with E-state index in [1.54, 1.807) is 24.3 Å². The molecule has 0 fully saturated rings. The van der Waals surface area contributed by atoms with Crippen LogP contribution in [0, 0.1) is 5.82 Å². The third-order valence-corrected chi connectivity index (χ3v) is 8.32. The molecule has 0 aliphatic heterocycles. The third-order valence-electron chi connectivity index (χ3n) is 6.13. The highest BCUT2D eigenvalue weighted by molar-refractivity contribution is 7.90. The first kappa shape index (κ1) is 31.1. The second kappa shape index (κ2) is 13.7. The van der Waals surface area contributed by atoms with Gasteiger partial charge >= 0.3 is 10.2 Å². The molecule has 0 saturated carbocycles. The Morgan fingerprint density at radius 2 is 1.52 bits per heavy atom. The maximum Gasteiger partial charge on any atom is 0.304 e. The molecule has 1 atom stereocenters. The van der Waals surface area contributed by atoms with Crippen molar-refractivity contribution < 1.29 is 22.4 Å². The van der Waals surface area contributed by atoms with E-state index < -0.39 is 34.5 Å². The number of benzene rings is 3. The predicted octanol–water partition coefficient (Wildman–Crippen LogP) is 4.26. The van der Waals surface area contributed by atoms with Gasteiger partial charge in [0.25, 0.3) is 0 Å². The van der Waals surface area contributed by atoms with E-state index in [4.69, 9.17) is 11.6 Å². The summed E-state index contributed by atoms with van der Waals surface area (Å²) in [4.78, 5) is 29.0. The summed E-state index contributed by atoms with van der Waals surface area (Å²) in [5.74, 6) is -1.57. The quantitative estimate of drug-likeness (QED) is 0.342. The lowest BCUT2D eigenvalue weighted by molar-refractivity contribution is -0.140. The molecule has 0 aliphatic carbocycles. The second-order valence-corrected chi connectivity index (χ2v) is 12.2. The van der Waals surface area contributed by atoms with E-state index in [-0.39, 0.29) is 30.6 Å². The number of amides is 2. The van der Waals surface area contributed by atoms with Gasteiger partial charge in [0, 0.05) is 38.1 Å². The monoisotopic (exact) mass is 588 g/mol. The first-order valence-electron chi connectivity index (χ1n) is 12.7.